The molecule has 0 spiro atoms. The molecular weight excluding hydrogens is 306 g/mol. The minimum atomic E-state index is -0.103. The Morgan fingerprint density at radius 1 is 0.957 bits per heavy atom. The maximum Gasteiger partial charge on any atom is 0.257 e. The third kappa shape index (κ3) is 2.47. The lowest BCUT2D eigenvalue weighted by atomic mass is 10.1. The Kier molecular flexibility index (Phi) is 3.32. The number of benzene rings is 2. The van der Waals surface area contributed by atoms with Crippen LogP contribution in [-0.4, -0.2) is 10.8 Å². The predicted octanol–water partition coefficient (Wildman–Crippen LogP) is 4.17. The van der Waals surface area contributed by atoms with Gasteiger partial charge in [0.1, 0.15) is 0 Å². The number of nitrogens with one attached hydrogen (secondary N) is 1. The van der Waals surface area contributed by atoms with E-state index in [0.29, 0.717) is 17.4 Å². The highest BCUT2D eigenvalue weighted by atomic mass is 32.1. The van der Waals surface area contributed by atoms with E-state index in [2.05, 4.69) is 4.98 Å². The second-order valence-electron chi connectivity index (χ2n) is 5.42. The number of pyridine rings is 1. The van der Waals surface area contributed by atoms with Crippen molar-refractivity contribution >= 4 is 38.1 Å². The minimum Gasteiger partial charge on any atom is -0.321 e. The number of H-pyrrole nitrogens is 1. The molecule has 0 unspecified atom stereocenters. The number of aromatic nitrogens is 1. The molecule has 0 radical (unpaired) electrons. The molecule has 0 saturated heterocycles. The van der Waals surface area contributed by atoms with Crippen molar-refractivity contribution in [2.24, 2.45) is 0 Å². The number of aromatic amines is 1. The Morgan fingerprint density at radius 2 is 1.70 bits per heavy atom. The van der Waals surface area contributed by atoms with Crippen molar-refractivity contribution in [2.45, 2.75) is 6.42 Å². The molecule has 0 amide bonds. The molecule has 1 N–H and O–H groups in total. The van der Waals surface area contributed by atoms with Crippen LogP contribution >= 0.6 is 11.3 Å². The summed E-state index contributed by atoms with van der Waals surface area (Å²) in [5.41, 5.74) is 1.42. The Hall–Kier alpha value is -2.72. The van der Waals surface area contributed by atoms with E-state index in [-0.39, 0.29) is 11.3 Å². The molecule has 0 aliphatic heterocycles. The normalized spacial score (nSPS) is 11.1. The molecule has 4 aromatic rings. The topological polar surface area (TPSA) is 49.9 Å². The molecule has 3 nitrogen and oxygen atoms in total. The number of carbonyl (C=O) groups excluding carboxylic acids is 1. The Bertz CT molecular complexity index is 1080. The molecule has 112 valence electrons. The summed E-state index contributed by atoms with van der Waals surface area (Å²) in [4.78, 5) is 28.4. The van der Waals surface area contributed by atoms with Crippen molar-refractivity contribution in [1.29, 1.82) is 0 Å². The van der Waals surface area contributed by atoms with Crippen molar-refractivity contribution in [2.75, 3.05) is 0 Å². The summed E-state index contributed by atoms with van der Waals surface area (Å²) in [7, 11) is 0. The van der Waals surface area contributed by atoms with Crippen molar-refractivity contribution in [3.05, 3.63) is 81.5 Å². The summed E-state index contributed by atoms with van der Waals surface area (Å²) < 4.78 is 0.945. The van der Waals surface area contributed by atoms with Gasteiger partial charge < -0.3 is 4.98 Å². The molecule has 2 aromatic heterocycles. The van der Waals surface area contributed by atoms with Gasteiger partial charge in [-0.25, -0.2) is 0 Å². The number of carbonyl (C=O) groups is 1. The molecule has 0 aliphatic rings. The van der Waals surface area contributed by atoms with Gasteiger partial charge in [-0.15, -0.1) is 11.3 Å². The van der Waals surface area contributed by atoms with Gasteiger partial charge in [0.05, 0.1) is 5.39 Å². The zero-order chi connectivity index (χ0) is 15.8. The van der Waals surface area contributed by atoms with Gasteiger partial charge in [0.2, 0.25) is 0 Å². The number of fused-ring (bicyclic) bond motifs is 3. The van der Waals surface area contributed by atoms with E-state index in [1.165, 1.54) is 11.3 Å². The number of rotatable bonds is 3. The summed E-state index contributed by atoms with van der Waals surface area (Å²) in [5.74, 6) is 0.0675. The van der Waals surface area contributed by atoms with Gasteiger partial charge in [0, 0.05) is 32.5 Å². The SMILES string of the molecule is O=C(Cc1cc2c(=O)[nH]c3ccccc3c2s1)c1ccccc1. The zero-order valence-electron chi connectivity index (χ0n) is 12.2. The fourth-order valence-corrected chi connectivity index (χ4v) is 3.95. The predicted molar refractivity (Wildman–Crippen MR) is 94.4 cm³/mol. The molecule has 23 heavy (non-hydrogen) atoms. The van der Waals surface area contributed by atoms with Crippen LogP contribution in [-0.2, 0) is 6.42 Å². The average Bonchev–Trinajstić information content (AvgIpc) is 3.00. The van der Waals surface area contributed by atoms with Crippen LogP contribution in [0.4, 0.5) is 0 Å². The lowest BCUT2D eigenvalue weighted by molar-refractivity contribution is 0.0994. The second-order valence-corrected chi connectivity index (χ2v) is 6.56. The number of thiophene rings is 1. The number of Topliss-reactive ketones (excluding diaryl/α,β-unsaturated/α-hetero) is 1. The molecule has 0 saturated carbocycles. The van der Waals surface area contributed by atoms with E-state index in [0.717, 1.165) is 20.5 Å². The fourth-order valence-electron chi connectivity index (χ4n) is 2.76. The maximum absolute atomic E-state index is 12.4. The molecule has 2 heterocycles. The largest absolute Gasteiger partial charge is 0.321 e. The molecule has 0 aliphatic carbocycles. The van der Waals surface area contributed by atoms with Gasteiger partial charge in [0.25, 0.3) is 5.56 Å². The van der Waals surface area contributed by atoms with Crippen LogP contribution in [0.1, 0.15) is 15.2 Å². The molecule has 2 aromatic carbocycles. The fraction of sp³-hybridized carbons (Fsp3) is 0.0526. The van der Waals surface area contributed by atoms with E-state index in [4.69, 9.17) is 0 Å². The Morgan fingerprint density at radius 3 is 2.52 bits per heavy atom. The van der Waals surface area contributed by atoms with Crippen LogP contribution in [0, 0.1) is 0 Å². The maximum atomic E-state index is 12.4. The first kappa shape index (κ1) is 13.9. The van der Waals surface area contributed by atoms with Crippen molar-refractivity contribution in [3.8, 4) is 0 Å². The highest BCUT2D eigenvalue weighted by Crippen LogP contribution is 2.30. The number of ketones is 1. The Labute approximate surface area is 136 Å². The first-order chi connectivity index (χ1) is 11.2. The van der Waals surface area contributed by atoms with Gasteiger partial charge in [-0.3, -0.25) is 9.59 Å². The van der Waals surface area contributed by atoms with Crippen LogP contribution in [0.5, 0.6) is 0 Å². The standard InChI is InChI=1S/C19H13NO2S/c21-17(12-6-2-1-3-7-12)11-13-10-15-18(23-13)14-8-4-5-9-16(14)20-19(15)22/h1-10H,11H2,(H,20,22). The lowest BCUT2D eigenvalue weighted by Crippen LogP contribution is -2.04. The summed E-state index contributed by atoms with van der Waals surface area (Å²) >= 11 is 1.52. The molecule has 4 rings (SSSR count). The number of para-hydroxylation sites is 1. The number of hydrogen-bond donors (Lipinski definition) is 1. The molecule has 4 heteroatoms. The van der Waals surface area contributed by atoms with Crippen molar-refractivity contribution in [1.82, 2.24) is 4.98 Å². The molecule has 0 atom stereocenters. The van der Waals surface area contributed by atoms with Crippen molar-refractivity contribution in [3.63, 3.8) is 0 Å². The van der Waals surface area contributed by atoms with Crippen LogP contribution in [0.25, 0.3) is 21.0 Å². The van der Waals surface area contributed by atoms with Crippen molar-refractivity contribution < 1.29 is 4.79 Å². The third-order valence-electron chi connectivity index (χ3n) is 3.88. The summed E-state index contributed by atoms with van der Waals surface area (Å²) in [5, 5.41) is 1.68. The quantitative estimate of drug-likeness (QED) is 0.576. The molecule has 0 bridgehead atoms. The first-order valence-electron chi connectivity index (χ1n) is 7.34. The average molecular weight is 319 g/mol. The van der Waals surface area contributed by atoms with E-state index in [1.807, 2.05) is 60.7 Å². The second kappa shape index (κ2) is 5.48. The highest BCUT2D eigenvalue weighted by molar-refractivity contribution is 7.20. The van der Waals surface area contributed by atoms with Gasteiger partial charge >= 0.3 is 0 Å². The van der Waals surface area contributed by atoms with Crippen LogP contribution < -0.4 is 5.56 Å². The summed E-state index contributed by atoms with van der Waals surface area (Å²) in [6.45, 7) is 0. The molecule has 0 fully saturated rings. The summed E-state index contributed by atoms with van der Waals surface area (Å²) in [6, 6.07) is 18.8. The van der Waals surface area contributed by atoms with Crippen LogP contribution in [0.3, 0.4) is 0 Å². The van der Waals surface area contributed by atoms with E-state index < -0.39 is 0 Å². The first-order valence-corrected chi connectivity index (χ1v) is 8.16. The van der Waals surface area contributed by atoms with Gasteiger partial charge in [-0.2, -0.15) is 0 Å². The summed E-state index contributed by atoms with van der Waals surface area (Å²) in [6.07, 6.45) is 0.317. The zero-order valence-corrected chi connectivity index (χ0v) is 13.0. The lowest BCUT2D eigenvalue weighted by Gasteiger charge is -1.98. The molecular formula is C19H13NO2S. The van der Waals surface area contributed by atoms with E-state index in [1.54, 1.807) is 0 Å². The third-order valence-corrected chi connectivity index (χ3v) is 5.05. The smallest absolute Gasteiger partial charge is 0.257 e. The highest BCUT2D eigenvalue weighted by Gasteiger charge is 2.13. The van der Waals surface area contributed by atoms with Gasteiger partial charge in [-0.05, 0) is 12.1 Å². The minimum absolute atomic E-state index is 0.0675. The van der Waals surface area contributed by atoms with Gasteiger partial charge in [0.15, 0.2) is 5.78 Å². The number of hydrogen-bond acceptors (Lipinski definition) is 3. The monoisotopic (exact) mass is 319 g/mol. The van der Waals surface area contributed by atoms with Crippen LogP contribution in [0.15, 0.2) is 65.5 Å². The Balaban J connectivity index is 1.80. The van der Waals surface area contributed by atoms with Gasteiger partial charge in [-0.1, -0.05) is 48.5 Å². The van der Waals surface area contributed by atoms with E-state index >= 15 is 0 Å². The van der Waals surface area contributed by atoms with E-state index in [9.17, 15) is 9.59 Å². The van der Waals surface area contributed by atoms with Crippen LogP contribution in [0.2, 0.25) is 0 Å².